The van der Waals surface area contributed by atoms with Crippen molar-refractivity contribution < 1.29 is 4.79 Å². The van der Waals surface area contributed by atoms with Crippen molar-refractivity contribution >= 4 is 5.78 Å². The number of hydrogen-bond acceptors (Lipinski definition) is 2. The van der Waals surface area contributed by atoms with Gasteiger partial charge in [0.05, 0.1) is 0 Å². The van der Waals surface area contributed by atoms with E-state index < -0.39 is 0 Å². The van der Waals surface area contributed by atoms with Crippen molar-refractivity contribution in [2.24, 2.45) is 0 Å². The van der Waals surface area contributed by atoms with Crippen LogP contribution >= 0.6 is 0 Å². The first kappa shape index (κ1) is 6.56. The largest absolute Gasteiger partial charge is 0.352 e. The molecule has 0 amide bonds. The summed E-state index contributed by atoms with van der Waals surface area (Å²) >= 11 is 0. The summed E-state index contributed by atoms with van der Waals surface area (Å²) in [6.45, 7) is 1.46. The monoisotopic (exact) mass is 134 g/mol. The lowest BCUT2D eigenvalue weighted by Crippen LogP contribution is -1.85. The fourth-order valence-corrected chi connectivity index (χ4v) is 0.662. The second-order valence-corrected chi connectivity index (χ2v) is 1.97. The lowest BCUT2D eigenvalue weighted by Gasteiger charge is -1.80. The number of Topliss-reactive ketones (excluding diaryl/α,β-unsaturated/α-hetero) is 1. The van der Waals surface area contributed by atoms with Gasteiger partial charge in [-0.05, 0) is 13.0 Å². The molecule has 0 aliphatic heterocycles. The first-order valence-electron chi connectivity index (χ1n) is 2.83. The van der Waals surface area contributed by atoms with Crippen molar-refractivity contribution in [3.8, 4) is 6.07 Å². The maximum absolute atomic E-state index is 10.6. The molecule has 50 valence electrons. The van der Waals surface area contributed by atoms with E-state index in [0.29, 0.717) is 11.3 Å². The van der Waals surface area contributed by atoms with Gasteiger partial charge in [0.25, 0.3) is 0 Å². The molecule has 1 rings (SSSR count). The van der Waals surface area contributed by atoms with E-state index in [1.54, 1.807) is 0 Å². The van der Waals surface area contributed by atoms with Gasteiger partial charge < -0.3 is 4.98 Å². The lowest BCUT2D eigenvalue weighted by atomic mass is 10.2. The van der Waals surface area contributed by atoms with E-state index in [-0.39, 0.29) is 5.78 Å². The average molecular weight is 134 g/mol. The Kier molecular flexibility index (Phi) is 1.55. The van der Waals surface area contributed by atoms with Crippen LogP contribution in [0.4, 0.5) is 0 Å². The van der Waals surface area contributed by atoms with Gasteiger partial charge >= 0.3 is 0 Å². The summed E-state index contributed by atoms with van der Waals surface area (Å²) in [6, 6.07) is 3.42. The Morgan fingerprint density at radius 3 is 2.80 bits per heavy atom. The van der Waals surface area contributed by atoms with Crippen LogP contribution < -0.4 is 0 Å². The topological polar surface area (TPSA) is 56.6 Å². The Bertz CT molecular complexity index is 293. The highest BCUT2D eigenvalue weighted by Gasteiger charge is 2.00. The molecule has 3 heteroatoms. The standard InChI is InChI=1S/C7H6N2O/c1-5(10)6-2-7(3-8)9-4-6/h2,4,9H,1H3. The summed E-state index contributed by atoms with van der Waals surface area (Å²) in [4.78, 5) is 13.3. The zero-order valence-electron chi connectivity index (χ0n) is 5.51. The third-order valence-electron chi connectivity index (χ3n) is 1.21. The molecule has 1 aromatic heterocycles. The number of rotatable bonds is 1. The maximum Gasteiger partial charge on any atom is 0.161 e. The molecular formula is C7H6N2O. The molecule has 0 bridgehead atoms. The quantitative estimate of drug-likeness (QED) is 0.584. The van der Waals surface area contributed by atoms with Crippen LogP contribution in [0.2, 0.25) is 0 Å². The number of carbonyl (C=O) groups excluding carboxylic acids is 1. The first-order chi connectivity index (χ1) is 4.74. The summed E-state index contributed by atoms with van der Waals surface area (Å²) in [7, 11) is 0. The summed E-state index contributed by atoms with van der Waals surface area (Å²) in [6.07, 6.45) is 1.53. The SMILES string of the molecule is CC(=O)c1c[nH]c(C#N)c1. The average Bonchev–Trinajstić information content (AvgIpc) is 2.34. The van der Waals surface area contributed by atoms with Gasteiger partial charge in [-0.1, -0.05) is 0 Å². The van der Waals surface area contributed by atoms with Crippen LogP contribution in [0.25, 0.3) is 0 Å². The second kappa shape index (κ2) is 2.36. The van der Waals surface area contributed by atoms with Gasteiger partial charge in [0.2, 0.25) is 0 Å². The summed E-state index contributed by atoms with van der Waals surface area (Å²) in [5.74, 6) is -0.0299. The number of hydrogen-bond donors (Lipinski definition) is 1. The molecule has 0 radical (unpaired) electrons. The first-order valence-corrected chi connectivity index (χ1v) is 2.83. The van der Waals surface area contributed by atoms with E-state index in [0.717, 1.165) is 0 Å². The number of nitrogens with zero attached hydrogens (tertiary/aromatic N) is 1. The van der Waals surface area contributed by atoms with Crippen LogP contribution in [-0.4, -0.2) is 10.8 Å². The number of H-pyrrole nitrogens is 1. The zero-order valence-corrected chi connectivity index (χ0v) is 5.51. The van der Waals surface area contributed by atoms with Gasteiger partial charge in [0.1, 0.15) is 11.8 Å². The molecule has 0 saturated carbocycles. The minimum atomic E-state index is -0.0299. The fourth-order valence-electron chi connectivity index (χ4n) is 0.662. The number of nitrogens with one attached hydrogen (secondary N) is 1. The molecule has 0 aromatic carbocycles. The number of aromatic nitrogens is 1. The Balaban J connectivity index is 3.02. The summed E-state index contributed by atoms with van der Waals surface area (Å²) in [5.41, 5.74) is 0.974. The molecule has 10 heavy (non-hydrogen) atoms. The van der Waals surface area contributed by atoms with Gasteiger partial charge in [-0.2, -0.15) is 5.26 Å². The van der Waals surface area contributed by atoms with E-state index in [1.807, 2.05) is 6.07 Å². The van der Waals surface area contributed by atoms with Gasteiger partial charge in [-0.15, -0.1) is 0 Å². The number of carbonyl (C=O) groups is 1. The normalized spacial score (nSPS) is 8.80. The highest BCUT2D eigenvalue weighted by Crippen LogP contribution is 2.01. The molecule has 3 nitrogen and oxygen atoms in total. The van der Waals surface area contributed by atoms with Crippen molar-refractivity contribution in [3.63, 3.8) is 0 Å². The van der Waals surface area contributed by atoms with Gasteiger partial charge in [-0.3, -0.25) is 4.79 Å². The third-order valence-corrected chi connectivity index (χ3v) is 1.21. The molecule has 1 heterocycles. The molecule has 0 aliphatic rings. The van der Waals surface area contributed by atoms with E-state index in [1.165, 1.54) is 19.2 Å². The van der Waals surface area contributed by atoms with E-state index in [2.05, 4.69) is 4.98 Å². The Morgan fingerprint density at radius 2 is 2.50 bits per heavy atom. The highest BCUT2D eigenvalue weighted by atomic mass is 16.1. The Hall–Kier alpha value is -1.56. The summed E-state index contributed by atoms with van der Waals surface area (Å²) < 4.78 is 0. The number of ketones is 1. The second-order valence-electron chi connectivity index (χ2n) is 1.97. The van der Waals surface area contributed by atoms with Gasteiger partial charge in [0.15, 0.2) is 5.78 Å². The van der Waals surface area contributed by atoms with Crippen molar-refractivity contribution in [1.29, 1.82) is 5.26 Å². The minimum Gasteiger partial charge on any atom is -0.352 e. The van der Waals surface area contributed by atoms with E-state index >= 15 is 0 Å². The van der Waals surface area contributed by atoms with Crippen LogP contribution in [0, 0.1) is 11.3 Å². The molecule has 0 fully saturated rings. The predicted octanol–water partition coefficient (Wildman–Crippen LogP) is 1.09. The zero-order chi connectivity index (χ0) is 7.56. The fraction of sp³-hybridized carbons (Fsp3) is 0.143. The molecular weight excluding hydrogens is 128 g/mol. The maximum atomic E-state index is 10.6. The lowest BCUT2D eigenvalue weighted by molar-refractivity contribution is 0.101. The predicted molar refractivity (Wildman–Crippen MR) is 35.5 cm³/mol. The number of aromatic amines is 1. The van der Waals surface area contributed by atoms with Crippen LogP contribution in [-0.2, 0) is 0 Å². The van der Waals surface area contributed by atoms with E-state index in [9.17, 15) is 4.79 Å². The van der Waals surface area contributed by atoms with Crippen molar-refractivity contribution in [1.82, 2.24) is 4.98 Å². The van der Waals surface area contributed by atoms with E-state index in [4.69, 9.17) is 5.26 Å². The third kappa shape index (κ3) is 1.06. The Morgan fingerprint density at radius 1 is 1.80 bits per heavy atom. The number of nitriles is 1. The highest BCUT2D eigenvalue weighted by molar-refractivity contribution is 5.94. The Labute approximate surface area is 58.3 Å². The molecule has 1 N–H and O–H groups in total. The van der Waals surface area contributed by atoms with Crippen LogP contribution in [0.1, 0.15) is 23.0 Å². The van der Waals surface area contributed by atoms with Crippen LogP contribution in [0.3, 0.4) is 0 Å². The molecule has 0 aliphatic carbocycles. The molecule has 0 saturated heterocycles. The van der Waals surface area contributed by atoms with Crippen LogP contribution in [0.5, 0.6) is 0 Å². The van der Waals surface area contributed by atoms with Gasteiger partial charge in [-0.25, -0.2) is 0 Å². The molecule has 0 atom stereocenters. The van der Waals surface area contributed by atoms with Crippen molar-refractivity contribution in [3.05, 3.63) is 23.5 Å². The van der Waals surface area contributed by atoms with Crippen LogP contribution in [0.15, 0.2) is 12.3 Å². The molecule has 1 aromatic rings. The summed E-state index contributed by atoms with van der Waals surface area (Å²) in [5, 5.41) is 8.34. The minimum absolute atomic E-state index is 0.0299. The molecule has 0 unspecified atom stereocenters. The van der Waals surface area contributed by atoms with Gasteiger partial charge in [0, 0.05) is 11.8 Å². The smallest absolute Gasteiger partial charge is 0.161 e. The van der Waals surface area contributed by atoms with Crippen molar-refractivity contribution in [2.45, 2.75) is 6.92 Å². The molecule has 0 spiro atoms. The van der Waals surface area contributed by atoms with Crippen molar-refractivity contribution in [2.75, 3.05) is 0 Å².